The summed E-state index contributed by atoms with van der Waals surface area (Å²) in [5.74, 6) is 0.886. The van der Waals surface area contributed by atoms with Gasteiger partial charge in [-0.25, -0.2) is 0 Å². The number of carboxylic acids is 1. The first kappa shape index (κ1) is 15.6. The van der Waals surface area contributed by atoms with Crippen molar-refractivity contribution in [1.82, 2.24) is 15.5 Å². The van der Waals surface area contributed by atoms with Crippen molar-refractivity contribution in [2.75, 3.05) is 0 Å². The van der Waals surface area contributed by atoms with E-state index in [9.17, 15) is 4.79 Å². The van der Waals surface area contributed by atoms with Crippen molar-refractivity contribution in [3.05, 3.63) is 11.7 Å². The fourth-order valence-electron chi connectivity index (χ4n) is 1.69. The van der Waals surface area contributed by atoms with Gasteiger partial charge in [0.2, 0.25) is 5.89 Å². The van der Waals surface area contributed by atoms with Gasteiger partial charge in [0.05, 0.1) is 6.54 Å². The van der Waals surface area contributed by atoms with Crippen molar-refractivity contribution < 1.29 is 14.4 Å². The van der Waals surface area contributed by atoms with Gasteiger partial charge < -0.3 is 9.63 Å². The molecule has 1 aromatic rings. The van der Waals surface area contributed by atoms with Gasteiger partial charge in [0.1, 0.15) is 6.04 Å². The maximum atomic E-state index is 11.0. The van der Waals surface area contributed by atoms with Crippen LogP contribution < -0.4 is 5.32 Å². The predicted molar refractivity (Wildman–Crippen MR) is 70.6 cm³/mol. The van der Waals surface area contributed by atoms with Gasteiger partial charge in [-0.2, -0.15) is 4.98 Å². The Morgan fingerprint density at radius 1 is 1.42 bits per heavy atom. The molecule has 6 heteroatoms. The van der Waals surface area contributed by atoms with E-state index in [2.05, 4.69) is 29.3 Å². The van der Waals surface area contributed by atoms with Gasteiger partial charge in [0.15, 0.2) is 5.82 Å². The second kappa shape index (κ2) is 7.89. The van der Waals surface area contributed by atoms with Crippen LogP contribution in [0, 0.1) is 5.92 Å². The second-order valence-electron chi connectivity index (χ2n) is 5.10. The Morgan fingerprint density at radius 3 is 2.74 bits per heavy atom. The van der Waals surface area contributed by atoms with Crippen molar-refractivity contribution in [3.8, 4) is 0 Å². The number of aliphatic carboxylic acids is 1. The maximum Gasteiger partial charge on any atom is 0.320 e. The van der Waals surface area contributed by atoms with E-state index in [1.165, 1.54) is 0 Å². The maximum absolute atomic E-state index is 11.0. The van der Waals surface area contributed by atoms with E-state index in [1.807, 2.05) is 6.92 Å². The summed E-state index contributed by atoms with van der Waals surface area (Å²) in [5.41, 5.74) is 0. The monoisotopic (exact) mass is 269 g/mol. The minimum Gasteiger partial charge on any atom is -0.480 e. The van der Waals surface area contributed by atoms with Crippen LogP contribution in [0.5, 0.6) is 0 Å². The number of hydrogen-bond acceptors (Lipinski definition) is 5. The molecule has 0 aliphatic heterocycles. The zero-order chi connectivity index (χ0) is 14.3. The molecule has 19 heavy (non-hydrogen) atoms. The summed E-state index contributed by atoms with van der Waals surface area (Å²) in [6, 6.07) is -0.559. The molecular formula is C13H23N3O3. The molecule has 6 nitrogen and oxygen atoms in total. The second-order valence-corrected chi connectivity index (χ2v) is 5.10. The van der Waals surface area contributed by atoms with E-state index in [0.29, 0.717) is 30.6 Å². The van der Waals surface area contributed by atoms with Crippen LogP contribution in [0.1, 0.15) is 51.7 Å². The number of rotatable bonds is 9. The molecule has 1 heterocycles. The first-order chi connectivity index (χ1) is 9.02. The van der Waals surface area contributed by atoms with Gasteiger partial charge in [0.25, 0.3) is 0 Å². The molecule has 0 saturated carbocycles. The molecular weight excluding hydrogens is 246 g/mol. The Morgan fingerprint density at radius 2 is 2.16 bits per heavy atom. The van der Waals surface area contributed by atoms with Crippen LogP contribution in [-0.4, -0.2) is 27.3 Å². The largest absolute Gasteiger partial charge is 0.480 e. The molecule has 1 atom stereocenters. The number of nitrogens with one attached hydrogen (secondary N) is 1. The van der Waals surface area contributed by atoms with Crippen molar-refractivity contribution >= 4 is 5.97 Å². The minimum atomic E-state index is -0.846. The lowest BCUT2D eigenvalue weighted by molar-refractivity contribution is -0.139. The molecule has 1 rings (SSSR count). The molecule has 2 N–H and O–H groups in total. The van der Waals surface area contributed by atoms with Gasteiger partial charge in [-0.3, -0.25) is 10.1 Å². The number of hydrogen-bond donors (Lipinski definition) is 2. The van der Waals surface area contributed by atoms with Crippen molar-refractivity contribution in [2.45, 2.75) is 59.0 Å². The number of aryl methyl sites for hydroxylation is 1. The average Bonchev–Trinajstić information content (AvgIpc) is 2.79. The molecule has 0 spiro atoms. The van der Waals surface area contributed by atoms with E-state index in [1.54, 1.807) is 0 Å². The van der Waals surface area contributed by atoms with E-state index in [0.717, 1.165) is 19.3 Å². The Kier molecular flexibility index (Phi) is 6.49. The molecule has 0 aliphatic rings. The van der Waals surface area contributed by atoms with Crippen molar-refractivity contribution in [1.29, 1.82) is 0 Å². The molecule has 0 fully saturated rings. The van der Waals surface area contributed by atoms with Gasteiger partial charge in [-0.05, 0) is 18.8 Å². The highest BCUT2D eigenvalue weighted by molar-refractivity contribution is 5.73. The standard InChI is InChI=1S/C13H23N3O3/c1-4-5-10(13(17)18)14-8-12-15-11(16-19-12)7-6-9(2)3/h9-10,14H,4-8H2,1-3H3,(H,17,18). The van der Waals surface area contributed by atoms with Gasteiger partial charge in [-0.15, -0.1) is 0 Å². The summed E-state index contributed by atoms with van der Waals surface area (Å²) >= 11 is 0. The number of aromatic nitrogens is 2. The molecule has 0 amide bonds. The summed E-state index contributed by atoms with van der Waals surface area (Å²) in [4.78, 5) is 15.2. The molecule has 108 valence electrons. The first-order valence-corrected chi connectivity index (χ1v) is 6.80. The normalized spacial score (nSPS) is 12.8. The quantitative estimate of drug-likeness (QED) is 0.713. The van der Waals surface area contributed by atoms with Crippen LogP contribution >= 0.6 is 0 Å². The zero-order valence-corrected chi connectivity index (χ0v) is 11.8. The van der Waals surface area contributed by atoms with Gasteiger partial charge in [-0.1, -0.05) is 32.3 Å². The number of carbonyl (C=O) groups is 1. The van der Waals surface area contributed by atoms with Crippen molar-refractivity contribution in [3.63, 3.8) is 0 Å². The molecule has 0 radical (unpaired) electrons. The Hall–Kier alpha value is -1.43. The summed E-state index contributed by atoms with van der Waals surface area (Å²) in [6.45, 7) is 6.54. The lowest BCUT2D eigenvalue weighted by Crippen LogP contribution is -2.36. The summed E-state index contributed by atoms with van der Waals surface area (Å²) in [5, 5.41) is 15.8. The van der Waals surface area contributed by atoms with Crippen LogP contribution in [0.15, 0.2) is 4.52 Å². The molecule has 0 bridgehead atoms. The van der Waals surface area contributed by atoms with Crippen LogP contribution in [0.2, 0.25) is 0 Å². The third-order valence-electron chi connectivity index (χ3n) is 2.83. The molecule has 0 saturated heterocycles. The zero-order valence-electron chi connectivity index (χ0n) is 11.8. The first-order valence-electron chi connectivity index (χ1n) is 6.80. The topological polar surface area (TPSA) is 88.3 Å². The fourth-order valence-corrected chi connectivity index (χ4v) is 1.69. The summed E-state index contributed by atoms with van der Waals surface area (Å²) in [7, 11) is 0. The predicted octanol–water partition coefficient (Wildman–Crippen LogP) is 2.00. The Balaban J connectivity index is 2.42. The SMILES string of the molecule is CCCC(NCc1nc(CCC(C)C)no1)C(=O)O. The third-order valence-corrected chi connectivity index (χ3v) is 2.83. The van der Waals surface area contributed by atoms with Crippen LogP contribution in [0.3, 0.4) is 0 Å². The average molecular weight is 269 g/mol. The van der Waals surface area contributed by atoms with Gasteiger partial charge >= 0.3 is 5.97 Å². The number of nitrogens with zero attached hydrogens (tertiary/aromatic N) is 2. The van der Waals surface area contributed by atoms with Gasteiger partial charge in [0, 0.05) is 6.42 Å². The van der Waals surface area contributed by atoms with Crippen LogP contribution in [-0.2, 0) is 17.8 Å². The van der Waals surface area contributed by atoms with Crippen LogP contribution in [0.4, 0.5) is 0 Å². The van der Waals surface area contributed by atoms with E-state index in [-0.39, 0.29) is 0 Å². The summed E-state index contributed by atoms with van der Waals surface area (Å²) < 4.78 is 5.09. The number of carboxylic acid groups (broad SMARTS) is 1. The smallest absolute Gasteiger partial charge is 0.320 e. The molecule has 0 aromatic carbocycles. The summed E-state index contributed by atoms with van der Waals surface area (Å²) in [6.07, 6.45) is 3.20. The highest BCUT2D eigenvalue weighted by Gasteiger charge is 2.16. The minimum absolute atomic E-state index is 0.297. The van der Waals surface area contributed by atoms with Crippen molar-refractivity contribution in [2.24, 2.45) is 5.92 Å². The highest BCUT2D eigenvalue weighted by Crippen LogP contribution is 2.07. The molecule has 1 aromatic heterocycles. The molecule has 1 unspecified atom stereocenters. The fraction of sp³-hybridized carbons (Fsp3) is 0.769. The molecule has 0 aliphatic carbocycles. The Labute approximate surface area is 113 Å². The highest BCUT2D eigenvalue weighted by atomic mass is 16.5. The van der Waals surface area contributed by atoms with E-state index < -0.39 is 12.0 Å². The third kappa shape index (κ3) is 5.83. The van der Waals surface area contributed by atoms with Crippen LogP contribution in [0.25, 0.3) is 0 Å². The Bertz CT molecular complexity index is 390. The lowest BCUT2D eigenvalue weighted by atomic mass is 10.1. The lowest BCUT2D eigenvalue weighted by Gasteiger charge is -2.11. The van der Waals surface area contributed by atoms with E-state index in [4.69, 9.17) is 9.63 Å². The van der Waals surface area contributed by atoms with E-state index >= 15 is 0 Å².